The molecule has 48 valence electrons. The highest BCUT2D eigenvalue weighted by atomic mass is 32.2. The topological polar surface area (TPSA) is 34.1 Å². The molecule has 0 fully saturated rings. The Bertz CT molecular complexity index is 268. The van der Waals surface area contributed by atoms with Crippen LogP contribution < -0.4 is 5.46 Å². The number of hydrogen-bond acceptors (Lipinski definition) is 3. The normalized spacial score (nSPS) is 10.3. The SMILES string of the molecule is Bc1csc([SH](=O)=O)c1. The van der Waals surface area contributed by atoms with Gasteiger partial charge in [0.2, 0.25) is 0 Å². The summed E-state index contributed by atoms with van der Waals surface area (Å²) in [4.78, 5) is 0. The van der Waals surface area contributed by atoms with Crippen LogP contribution in [0.25, 0.3) is 0 Å². The second-order valence-corrected chi connectivity index (χ2v) is 3.93. The van der Waals surface area contributed by atoms with Crippen molar-refractivity contribution in [2.24, 2.45) is 0 Å². The van der Waals surface area contributed by atoms with Crippen molar-refractivity contribution in [1.29, 1.82) is 0 Å². The van der Waals surface area contributed by atoms with Crippen molar-refractivity contribution in [2.45, 2.75) is 4.21 Å². The van der Waals surface area contributed by atoms with E-state index in [9.17, 15) is 8.42 Å². The Labute approximate surface area is 59.9 Å². The fraction of sp³-hybridized carbons (Fsp3) is 0. The van der Waals surface area contributed by atoms with Crippen LogP contribution in [0.1, 0.15) is 0 Å². The summed E-state index contributed by atoms with van der Waals surface area (Å²) in [6.45, 7) is 0. The first kappa shape index (κ1) is 6.83. The van der Waals surface area contributed by atoms with Gasteiger partial charge in [-0.2, -0.15) is 0 Å². The number of rotatable bonds is 1. The number of thiophene rings is 1. The molecule has 0 atom stereocenters. The smallest absolute Gasteiger partial charge is 0.177 e. The zero-order valence-corrected chi connectivity index (χ0v) is 6.54. The quantitative estimate of drug-likeness (QED) is 0.421. The molecule has 1 heterocycles. The van der Waals surface area contributed by atoms with Crippen LogP contribution in [0.2, 0.25) is 0 Å². The minimum Gasteiger partial charge on any atom is -0.226 e. The van der Waals surface area contributed by atoms with E-state index in [0.717, 1.165) is 5.46 Å². The monoisotopic (exact) mass is 160 g/mol. The molecule has 1 rings (SSSR count). The average Bonchev–Trinajstić information content (AvgIpc) is 2.14. The van der Waals surface area contributed by atoms with Gasteiger partial charge in [0.25, 0.3) is 0 Å². The molecule has 2 nitrogen and oxygen atoms in total. The standard InChI is InChI=1S/C4H5BO2S2/c5-3-1-4(8-2-3)9(6)7/h1-2,9H,5H2. The van der Waals surface area contributed by atoms with E-state index in [1.54, 1.807) is 6.07 Å². The van der Waals surface area contributed by atoms with Crippen molar-refractivity contribution in [1.82, 2.24) is 0 Å². The molecule has 0 aromatic carbocycles. The van der Waals surface area contributed by atoms with E-state index in [4.69, 9.17) is 0 Å². The summed E-state index contributed by atoms with van der Waals surface area (Å²) in [5, 5.41) is 1.82. The van der Waals surface area contributed by atoms with Gasteiger partial charge < -0.3 is 0 Å². The van der Waals surface area contributed by atoms with Crippen molar-refractivity contribution in [2.75, 3.05) is 0 Å². The van der Waals surface area contributed by atoms with Gasteiger partial charge in [-0.3, -0.25) is 0 Å². The maximum Gasteiger partial charge on any atom is 0.177 e. The number of thiol groups is 1. The Kier molecular flexibility index (Phi) is 1.92. The van der Waals surface area contributed by atoms with Crippen LogP contribution in [-0.4, -0.2) is 16.3 Å². The predicted molar refractivity (Wildman–Crippen MR) is 41.1 cm³/mol. The Balaban J connectivity index is 3.12. The summed E-state index contributed by atoms with van der Waals surface area (Å²) < 4.78 is 21.0. The number of hydrogen-bond donors (Lipinski definition) is 1. The highest BCUT2D eigenvalue weighted by Crippen LogP contribution is 2.06. The Morgan fingerprint density at radius 3 is 2.44 bits per heavy atom. The van der Waals surface area contributed by atoms with E-state index in [2.05, 4.69) is 0 Å². The molecule has 9 heavy (non-hydrogen) atoms. The maximum absolute atomic E-state index is 10.3. The summed E-state index contributed by atoms with van der Waals surface area (Å²) in [6, 6.07) is 1.66. The molecule has 0 radical (unpaired) electrons. The van der Waals surface area contributed by atoms with Gasteiger partial charge in [-0.1, -0.05) is 5.46 Å². The van der Waals surface area contributed by atoms with Crippen molar-refractivity contribution in [3.8, 4) is 0 Å². The second-order valence-electron chi connectivity index (χ2n) is 1.72. The van der Waals surface area contributed by atoms with Crippen LogP contribution in [0.15, 0.2) is 15.7 Å². The first-order valence-electron chi connectivity index (χ1n) is 2.39. The van der Waals surface area contributed by atoms with Crippen molar-refractivity contribution in [3.05, 3.63) is 11.4 Å². The van der Waals surface area contributed by atoms with Gasteiger partial charge in [0.1, 0.15) is 12.1 Å². The maximum atomic E-state index is 10.3. The molecule has 0 aliphatic rings. The molecular weight excluding hydrogens is 155 g/mol. The summed E-state index contributed by atoms with van der Waals surface area (Å²) in [5.74, 6) is 0. The van der Waals surface area contributed by atoms with Crippen molar-refractivity contribution >= 4 is 35.4 Å². The zero-order chi connectivity index (χ0) is 6.85. The highest BCUT2D eigenvalue weighted by Gasteiger charge is 1.95. The van der Waals surface area contributed by atoms with Gasteiger partial charge in [0, 0.05) is 0 Å². The molecule has 1 aromatic rings. The summed E-state index contributed by atoms with van der Waals surface area (Å²) in [7, 11) is -0.482. The van der Waals surface area contributed by atoms with Crippen LogP contribution in [0, 0.1) is 0 Å². The summed E-state index contributed by atoms with van der Waals surface area (Å²) in [6.07, 6.45) is 0. The van der Waals surface area contributed by atoms with E-state index in [-0.39, 0.29) is 0 Å². The minimum atomic E-state index is -2.36. The van der Waals surface area contributed by atoms with E-state index in [1.165, 1.54) is 11.3 Å². The minimum absolute atomic E-state index is 0.447. The van der Waals surface area contributed by atoms with E-state index < -0.39 is 10.7 Å². The van der Waals surface area contributed by atoms with Crippen LogP contribution in [-0.2, 0) is 10.7 Å². The average molecular weight is 160 g/mol. The van der Waals surface area contributed by atoms with Gasteiger partial charge in [-0.15, -0.1) is 11.3 Å². The third-order valence-corrected chi connectivity index (χ3v) is 3.00. The summed E-state index contributed by atoms with van der Waals surface area (Å²) in [5.41, 5.74) is 1.01. The lowest BCUT2D eigenvalue weighted by Crippen LogP contribution is -1.93. The van der Waals surface area contributed by atoms with Crippen molar-refractivity contribution < 1.29 is 8.42 Å². The summed E-state index contributed by atoms with van der Waals surface area (Å²) >= 11 is 1.26. The molecule has 0 aliphatic carbocycles. The van der Waals surface area contributed by atoms with Crippen LogP contribution in [0.5, 0.6) is 0 Å². The van der Waals surface area contributed by atoms with E-state index in [0.29, 0.717) is 4.21 Å². The fourth-order valence-electron chi connectivity index (χ4n) is 0.512. The predicted octanol–water partition coefficient (Wildman–Crippen LogP) is -1.02. The van der Waals surface area contributed by atoms with Gasteiger partial charge in [0.15, 0.2) is 10.7 Å². The highest BCUT2D eigenvalue weighted by molar-refractivity contribution is 7.75. The molecule has 1 aromatic heterocycles. The van der Waals surface area contributed by atoms with E-state index in [1.807, 2.05) is 13.2 Å². The molecule has 0 saturated carbocycles. The van der Waals surface area contributed by atoms with Gasteiger partial charge in [0.05, 0.1) is 0 Å². The van der Waals surface area contributed by atoms with Gasteiger partial charge in [-0.25, -0.2) is 8.42 Å². The Hall–Kier alpha value is -0.285. The largest absolute Gasteiger partial charge is 0.226 e. The molecule has 0 aliphatic heterocycles. The van der Waals surface area contributed by atoms with Crippen LogP contribution in [0.4, 0.5) is 0 Å². The van der Waals surface area contributed by atoms with Gasteiger partial charge in [-0.05, 0) is 11.4 Å². The molecule has 0 unspecified atom stereocenters. The van der Waals surface area contributed by atoms with Gasteiger partial charge >= 0.3 is 0 Å². The second kappa shape index (κ2) is 2.53. The van der Waals surface area contributed by atoms with Crippen LogP contribution >= 0.6 is 11.3 Å². The molecule has 0 N–H and O–H groups in total. The molecule has 0 bridgehead atoms. The molecule has 0 saturated heterocycles. The fourth-order valence-corrected chi connectivity index (χ4v) is 1.95. The van der Waals surface area contributed by atoms with Crippen molar-refractivity contribution in [3.63, 3.8) is 0 Å². The lowest BCUT2D eigenvalue weighted by atomic mass is 10.0. The third-order valence-electron chi connectivity index (χ3n) is 0.897. The first-order valence-corrected chi connectivity index (χ1v) is 4.45. The molecule has 5 heteroatoms. The molecular formula is C4H5BO2S2. The molecule has 0 amide bonds. The third kappa shape index (κ3) is 1.56. The Morgan fingerprint density at radius 1 is 1.56 bits per heavy atom. The molecule has 0 spiro atoms. The zero-order valence-electron chi connectivity index (χ0n) is 4.83. The first-order chi connectivity index (χ1) is 4.20. The van der Waals surface area contributed by atoms with Crippen LogP contribution in [0.3, 0.4) is 0 Å². The lowest BCUT2D eigenvalue weighted by Gasteiger charge is -1.73. The van der Waals surface area contributed by atoms with E-state index >= 15 is 0 Å². The Morgan fingerprint density at radius 2 is 2.22 bits per heavy atom. The lowest BCUT2D eigenvalue weighted by molar-refractivity contribution is 0.616.